The van der Waals surface area contributed by atoms with E-state index in [1.165, 1.54) is 64.7 Å². The van der Waals surface area contributed by atoms with Gasteiger partial charge >= 0.3 is 0 Å². The maximum atomic E-state index is 5.68. The summed E-state index contributed by atoms with van der Waals surface area (Å²) in [6, 6.07) is 0.766. The third-order valence-corrected chi connectivity index (χ3v) is 4.71. The highest BCUT2D eigenvalue weighted by atomic mass is 15.2. The van der Waals surface area contributed by atoms with Gasteiger partial charge in [0.05, 0.1) is 0 Å². The molecule has 1 heterocycles. The molecular weight excluding hydrogens is 234 g/mol. The van der Waals surface area contributed by atoms with Gasteiger partial charge in [-0.3, -0.25) is 4.90 Å². The standard InChI is InChI=1S/C16H35N3/c1-4-15(9-10-17)8-6-12-19-13-7-11-18(3)14-16(19)5-2/h15-16H,4-14,17H2,1-3H3. The molecule has 0 aromatic rings. The fourth-order valence-corrected chi connectivity index (χ4v) is 3.35. The van der Waals surface area contributed by atoms with Gasteiger partial charge in [-0.2, -0.15) is 0 Å². The van der Waals surface area contributed by atoms with Crippen LogP contribution < -0.4 is 5.73 Å². The predicted molar refractivity (Wildman–Crippen MR) is 84.5 cm³/mol. The van der Waals surface area contributed by atoms with Crippen LogP contribution in [0.25, 0.3) is 0 Å². The van der Waals surface area contributed by atoms with Gasteiger partial charge in [0, 0.05) is 12.6 Å². The molecule has 1 saturated heterocycles. The molecule has 3 nitrogen and oxygen atoms in total. The third-order valence-electron chi connectivity index (χ3n) is 4.71. The number of likely N-dealkylation sites (N-methyl/N-ethyl adjacent to an activating group) is 1. The van der Waals surface area contributed by atoms with Crippen molar-refractivity contribution in [3.8, 4) is 0 Å². The molecule has 0 aromatic carbocycles. The van der Waals surface area contributed by atoms with E-state index in [0.717, 1.165) is 18.5 Å². The average molecular weight is 269 g/mol. The van der Waals surface area contributed by atoms with Gasteiger partial charge < -0.3 is 10.6 Å². The van der Waals surface area contributed by atoms with Crippen LogP contribution in [0.5, 0.6) is 0 Å². The van der Waals surface area contributed by atoms with E-state index in [0.29, 0.717) is 0 Å². The zero-order valence-electron chi connectivity index (χ0n) is 13.4. The lowest BCUT2D eigenvalue weighted by atomic mass is 9.96. The highest BCUT2D eigenvalue weighted by Gasteiger charge is 2.21. The maximum absolute atomic E-state index is 5.68. The van der Waals surface area contributed by atoms with Crippen molar-refractivity contribution >= 4 is 0 Å². The van der Waals surface area contributed by atoms with Crippen molar-refractivity contribution < 1.29 is 0 Å². The zero-order chi connectivity index (χ0) is 14.1. The van der Waals surface area contributed by atoms with Gasteiger partial charge in [0.2, 0.25) is 0 Å². The normalized spacial score (nSPS) is 24.3. The summed E-state index contributed by atoms with van der Waals surface area (Å²) in [5.74, 6) is 0.847. The van der Waals surface area contributed by atoms with Gasteiger partial charge in [-0.15, -0.1) is 0 Å². The van der Waals surface area contributed by atoms with Crippen molar-refractivity contribution in [1.29, 1.82) is 0 Å². The first kappa shape index (κ1) is 16.9. The first-order valence-electron chi connectivity index (χ1n) is 8.33. The second kappa shape index (κ2) is 9.73. The maximum Gasteiger partial charge on any atom is 0.0220 e. The number of hydrogen-bond donors (Lipinski definition) is 1. The van der Waals surface area contributed by atoms with Crippen LogP contribution in [0.4, 0.5) is 0 Å². The molecule has 1 fully saturated rings. The summed E-state index contributed by atoms with van der Waals surface area (Å²) in [6.45, 7) is 10.6. The van der Waals surface area contributed by atoms with Gasteiger partial charge in [0.25, 0.3) is 0 Å². The Morgan fingerprint density at radius 1 is 1.21 bits per heavy atom. The minimum Gasteiger partial charge on any atom is -0.330 e. The van der Waals surface area contributed by atoms with Crippen LogP contribution in [0.15, 0.2) is 0 Å². The van der Waals surface area contributed by atoms with E-state index in [1.807, 2.05) is 0 Å². The van der Waals surface area contributed by atoms with E-state index in [-0.39, 0.29) is 0 Å². The molecule has 2 atom stereocenters. The molecule has 114 valence electrons. The van der Waals surface area contributed by atoms with Crippen LogP contribution >= 0.6 is 0 Å². The molecule has 3 heteroatoms. The van der Waals surface area contributed by atoms with E-state index < -0.39 is 0 Å². The van der Waals surface area contributed by atoms with Crippen molar-refractivity contribution in [3.05, 3.63) is 0 Å². The van der Waals surface area contributed by atoms with E-state index in [9.17, 15) is 0 Å². The number of hydrogen-bond acceptors (Lipinski definition) is 3. The summed E-state index contributed by atoms with van der Waals surface area (Å²) in [5.41, 5.74) is 5.68. The Balaban J connectivity index is 2.32. The van der Waals surface area contributed by atoms with Gasteiger partial charge in [-0.05, 0) is 71.2 Å². The first-order valence-corrected chi connectivity index (χ1v) is 8.33. The molecule has 1 rings (SSSR count). The highest BCUT2D eigenvalue weighted by molar-refractivity contribution is 4.78. The monoisotopic (exact) mass is 269 g/mol. The third kappa shape index (κ3) is 6.24. The fraction of sp³-hybridized carbons (Fsp3) is 1.00. The quantitative estimate of drug-likeness (QED) is 0.735. The summed E-state index contributed by atoms with van der Waals surface area (Å²) in [7, 11) is 2.26. The van der Waals surface area contributed by atoms with Crippen molar-refractivity contribution in [3.63, 3.8) is 0 Å². The lowest BCUT2D eigenvalue weighted by Gasteiger charge is -2.30. The van der Waals surface area contributed by atoms with Gasteiger partial charge in [0.15, 0.2) is 0 Å². The Labute approximate surface area is 120 Å². The Kier molecular flexibility index (Phi) is 8.67. The molecule has 0 aromatic heterocycles. The topological polar surface area (TPSA) is 32.5 Å². The summed E-state index contributed by atoms with van der Waals surface area (Å²) >= 11 is 0. The van der Waals surface area contributed by atoms with Crippen LogP contribution in [-0.4, -0.2) is 55.6 Å². The summed E-state index contributed by atoms with van der Waals surface area (Å²) in [5, 5.41) is 0. The lowest BCUT2D eigenvalue weighted by Crippen LogP contribution is -2.40. The zero-order valence-corrected chi connectivity index (χ0v) is 13.4. The van der Waals surface area contributed by atoms with E-state index >= 15 is 0 Å². The molecule has 0 spiro atoms. The van der Waals surface area contributed by atoms with Crippen molar-refractivity contribution in [2.24, 2.45) is 11.7 Å². The van der Waals surface area contributed by atoms with Crippen LogP contribution in [0.2, 0.25) is 0 Å². The van der Waals surface area contributed by atoms with Crippen molar-refractivity contribution in [2.45, 2.75) is 58.4 Å². The second-order valence-electron chi connectivity index (χ2n) is 6.21. The van der Waals surface area contributed by atoms with Gasteiger partial charge in [-0.1, -0.05) is 20.3 Å². The molecule has 2 N–H and O–H groups in total. The summed E-state index contributed by atoms with van der Waals surface area (Å²) in [4.78, 5) is 5.23. The van der Waals surface area contributed by atoms with Crippen LogP contribution in [-0.2, 0) is 0 Å². The molecule has 0 aliphatic carbocycles. The Morgan fingerprint density at radius 3 is 2.63 bits per heavy atom. The van der Waals surface area contributed by atoms with E-state index in [1.54, 1.807) is 0 Å². The molecular formula is C16H35N3. The molecule has 19 heavy (non-hydrogen) atoms. The van der Waals surface area contributed by atoms with E-state index in [2.05, 4.69) is 30.7 Å². The molecule has 0 saturated carbocycles. The SMILES string of the molecule is CCC(CCN)CCCN1CCCN(C)CC1CC. The van der Waals surface area contributed by atoms with Crippen LogP contribution in [0, 0.1) is 5.92 Å². The first-order chi connectivity index (χ1) is 9.21. The smallest absolute Gasteiger partial charge is 0.0220 e. The number of rotatable bonds is 8. The molecule has 0 bridgehead atoms. The highest BCUT2D eigenvalue weighted by Crippen LogP contribution is 2.17. The average Bonchev–Trinajstić information content (AvgIpc) is 2.59. The molecule has 2 unspecified atom stereocenters. The minimum atomic E-state index is 0.766. The van der Waals surface area contributed by atoms with Gasteiger partial charge in [-0.25, -0.2) is 0 Å². The summed E-state index contributed by atoms with van der Waals surface area (Å²) < 4.78 is 0. The van der Waals surface area contributed by atoms with Gasteiger partial charge in [0.1, 0.15) is 0 Å². The Hall–Kier alpha value is -0.120. The van der Waals surface area contributed by atoms with Crippen molar-refractivity contribution in [2.75, 3.05) is 39.8 Å². The van der Waals surface area contributed by atoms with Crippen molar-refractivity contribution in [1.82, 2.24) is 9.80 Å². The molecule has 1 aliphatic rings. The summed E-state index contributed by atoms with van der Waals surface area (Å²) in [6.07, 6.45) is 7.81. The lowest BCUT2D eigenvalue weighted by molar-refractivity contribution is 0.177. The van der Waals surface area contributed by atoms with Crippen LogP contribution in [0.1, 0.15) is 52.4 Å². The predicted octanol–water partition coefficient (Wildman–Crippen LogP) is 2.56. The number of nitrogens with two attached hydrogens (primary N) is 1. The molecule has 0 amide bonds. The fourth-order valence-electron chi connectivity index (χ4n) is 3.35. The largest absolute Gasteiger partial charge is 0.330 e. The molecule has 1 aliphatic heterocycles. The van der Waals surface area contributed by atoms with E-state index in [4.69, 9.17) is 5.73 Å². The Morgan fingerprint density at radius 2 is 2.00 bits per heavy atom. The second-order valence-corrected chi connectivity index (χ2v) is 6.21. The van der Waals surface area contributed by atoms with Crippen LogP contribution in [0.3, 0.4) is 0 Å². The number of nitrogens with zero attached hydrogens (tertiary/aromatic N) is 2. The molecule has 0 radical (unpaired) electrons. The Bertz CT molecular complexity index is 220. The minimum absolute atomic E-state index is 0.766.